The molecule has 0 aliphatic carbocycles. The van der Waals surface area contributed by atoms with Crippen molar-refractivity contribution in [3.05, 3.63) is 0 Å². The monoisotopic (exact) mass is 220 g/mol. The Balaban J connectivity index is 0.000000280. The molecule has 1 rings (SSSR count). The van der Waals surface area contributed by atoms with E-state index >= 15 is 0 Å². The second-order valence-electron chi connectivity index (χ2n) is 3.18. The smallest absolute Gasteiger partial charge is 0.336 e. The fourth-order valence-corrected chi connectivity index (χ4v) is 0.797. The molecule has 1 aliphatic heterocycles. The van der Waals surface area contributed by atoms with Crippen LogP contribution in [0.25, 0.3) is 0 Å². The van der Waals surface area contributed by atoms with Crippen molar-refractivity contribution >= 4 is 5.97 Å². The molecule has 0 aromatic rings. The summed E-state index contributed by atoms with van der Waals surface area (Å²) in [5.41, 5.74) is 5.08. The first-order valence-corrected chi connectivity index (χ1v) is 4.96. The summed E-state index contributed by atoms with van der Waals surface area (Å²) in [7, 11) is 0. The van der Waals surface area contributed by atoms with E-state index in [1.165, 1.54) is 13.8 Å². The van der Waals surface area contributed by atoms with Crippen LogP contribution in [0.2, 0.25) is 0 Å². The largest absolute Gasteiger partial charge is 0.445 e. The van der Waals surface area contributed by atoms with E-state index in [9.17, 15) is 4.79 Å². The molecule has 6 heteroatoms. The van der Waals surface area contributed by atoms with Gasteiger partial charge in [-0.15, -0.1) is 0 Å². The van der Waals surface area contributed by atoms with Gasteiger partial charge in [-0.1, -0.05) is 0 Å². The molecular formula is C9H20N2O4. The van der Waals surface area contributed by atoms with Gasteiger partial charge in [0.25, 0.3) is 0 Å². The van der Waals surface area contributed by atoms with Crippen LogP contribution in [-0.4, -0.2) is 49.7 Å². The van der Waals surface area contributed by atoms with Crippen LogP contribution in [0.15, 0.2) is 0 Å². The lowest BCUT2D eigenvalue weighted by Gasteiger charge is -2.10. The number of hydrogen-bond acceptors (Lipinski definition) is 6. The van der Waals surface area contributed by atoms with Crippen LogP contribution in [0.1, 0.15) is 13.8 Å². The van der Waals surface area contributed by atoms with Gasteiger partial charge in [0.05, 0.1) is 13.2 Å². The first-order valence-electron chi connectivity index (χ1n) is 4.96. The number of nitrogens with two attached hydrogens (primary N) is 1. The maximum absolute atomic E-state index is 10.4. The molecule has 1 heterocycles. The van der Waals surface area contributed by atoms with E-state index in [1.54, 1.807) is 0 Å². The number of aliphatic hydroxyl groups is 1. The summed E-state index contributed by atoms with van der Waals surface area (Å²) >= 11 is 0. The summed E-state index contributed by atoms with van der Waals surface area (Å²) in [6, 6.07) is 0. The molecule has 90 valence electrons. The van der Waals surface area contributed by atoms with E-state index in [4.69, 9.17) is 15.6 Å². The van der Waals surface area contributed by atoms with Crippen LogP contribution >= 0.6 is 0 Å². The summed E-state index contributed by atoms with van der Waals surface area (Å²) in [5, 5.41) is 11.7. The fourth-order valence-electron chi connectivity index (χ4n) is 0.797. The molecule has 15 heavy (non-hydrogen) atoms. The van der Waals surface area contributed by atoms with Crippen molar-refractivity contribution in [2.45, 2.75) is 26.2 Å². The first kappa shape index (κ1) is 14.3. The van der Waals surface area contributed by atoms with Gasteiger partial charge in [-0.3, -0.25) is 5.73 Å². The highest BCUT2D eigenvalue weighted by Gasteiger charge is 2.10. The minimum Gasteiger partial charge on any atom is -0.445 e. The van der Waals surface area contributed by atoms with Crippen LogP contribution in [-0.2, 0) is 14.3 Å². The molecule has 0 aromatic carbocycles. The molecule has 6 nitrogen and oxygen atoms in total. The maximum Gasteiger partial charge on any atom is 0.336 e. The number of aliphatic hydroxyl groups excluding tert-OH is 1. The number of nitrogens with one attached hydrogen (secondary N) is 1. The number of hydrogen-bond donors (Lipinski definition) is 3. The second kappa shape index (κ2) is 8.60. The highest BCUT2D eigenvalue weighted by atomic mass is 16.6. The molecule has 0 radical (unpaired) electrons. The summed E-state index contributed by atoms with van der Waals surface area (Å²) in [4.78, 5) is 10.4. The Bertz CT molecular complexity index is 158. The highest BCUT2D eigenvalue weighted by Crippen LogP contribution is 1.88. The SMILES string of the molecule is C1COCCN1.CC(N)OC(=O)C(C)O. The molecule has 2 unspecified atom stereocenters. The van der Waals surface area contributed by atoms with Crippen molar-refractivity contribution in [1.29, 1.82) is 0 Å². The van der Waals surface area contributed by atoms with Crippen molar-refractivity contribution in [1.82, 2.24) is 5.32 Å². The Hall–Kier alpha value is -0.690. The third kappa shape index (κ3) is 9.61. The number of carbonyl (C=O) groups is 1. The summed E-state index contributed by atoms with van der Waals surface area (Å²) in [5.74, 6) is -0.690. The zero-order valence-corrected chi connectivity index (χ0v) is 9.23. The zero-order valence-electron chi connectivity index (χ0n) is 9.23. The van der Waals surface area contributed by atoms with Gasteiger partial charge in [0.2, 0.25) is 0 Å². The molecule has 1 fully saturated rings. The number of esters is 1. The maximum atomic E-state index is 10.4. The standard InChI is InChI=1S/C5H11NO3.C4H9NO/c1-3(7)5(8)9-4(2)6;1-3-6-4-2-5-1/h3-4,7H,6H2,1-2H3;5H,1-4H2. The lowest BCUT2D eigenvalue weighted by Crippen LogP contribution is -2.30. The lowest BCUT2D eigenvalue weighted by molar-refractivity contribution is -0.156. The average molecular weight is 220 g/mol. The molecule has 1 saturated heterocycles. The van der Waals surface area contributed by atoms with Gasteiger partial charge in [0.1, 0.15) is 12.3 Å². The zero-order chi connectivity index (χ0) is 11.7. The number of morpholine rings is 1. The Morgan fingerprint density at radius 2 is 2.00 bits per heavy atom. The fraction of sp³-hybridized carbons (Fsp3) is 0.889. The van der Waals surface area contributed by atoms with E-state index in [0.29, 0.717) is 0 Å². The van der Waals surface area contributed by atoms with Crippen molar-refractivity contribution in [3.8, 4) is 0 Å². The van der Waals surface area contributed by atoms with Crippen molar-refractivity contribution in [2.24, 2.45) is 5.73 Å². The topological polar surface area (TPSA) is 93.8 Å². The van der Waals surface area contributed by atoms with Gasteiger partial charge in [-0.25, -0.2) is 4.79 Å². The van der Waals surface area contributed by atoms with Crippen LogP contribution in [0.4, 0.5) is 0 Å². The average Bonchev–Trinajstić information content (AvgIpc) is 2.20. The van der Waals surface area contributed by atoms with Crippen LogP contribution in [0.3, 0.4) is 0 Å². The Kier molecular flexibility index (Phi) is 8.21. The number of rotatable bonds is 2. The van der Waals surface area contributed by atoms with E-state index < -0.39 is 18.3 Å². The van der Waals surface area contributed by atoms with Crippen molar-refractivity contribution < 1.29 is 19.4 Å². The summed E-state index contributed by atoms with van der Waals surface area (Å²) < 4.78 is 9.41. The predicted octanol–water partition coefficient (Wildman–Crippen LogP) is -1.18. The summed E-state index contributed by atoms with van der Waals surface area (Å²) in [6.07, 6.45) is -1.73. The first-order chi connectivity index (χ1) is 7.04. The molecule has 2 atom stereocenters. The van der Waals surface area contributed by atoms with Crippen LogP contribution in [0, 0.1) is 0 Å². The van der Waals surface area contributed by atoms with Gasteiger partial charge in [-0.2, -0.15) is 0 Å². The number of ether oxygens (including phenoxy) is 2. The van der Waals surface area contributed by atoms with Crippen molar-refractivity contribution in [2.75, 3.05) is 26.3 Å². The van der Waals surface area contributed by atoms with Gasteiger partial charge >= 0.3 is 5.97 Å². The quantitative estimate of drug-likeness (QED) is 0.401. The third-order valence-corrected chi connectivity index (χ3v) is 1.49. The summed E-state index contributed by atoms with van der Waals surface area (Å²) in [6.45, 7) is 6.67. The Morgan fingerprint density at radius 3 is 2.13 bits per heavy atom. The molecule has 4 N–H and O–H groups in total. The van der Waals surface area contributed by atoms with E-state index in [1.807, 2.05) is 0 Å². The van der Waals surface area contributed by atoms with Crippen LogP contribution in [0.5, 0.6) is 0 Å². The van der Waals surface area contributed by atoms with E-state index in [-0.39, 0.29) is 0 Å². The minimum absolute atomic E-state index is 0.646. The molecule has 0 saturated carbocycles. The Labute approximate surface area is 89.7 Å². The second-order valence-corrected chi connectivity index (χ2v) is 3.18. The molecule has 0 aromatic heterocycles. The third-order valence-electron chi connectivity index (χ3n) is 1.49. The van der Waals surface area contributed by atoms with Gasteiger partial charge in [0, 0.05) is 13.1 Å². The minimum atomic E-state index is -1.09. The number of carbonyl (C=O) groups excluding carboxylic acids is 1. The molecule has 0 spiro atoms. The molecule has 1 aliphatic rings. The van der Waals surface area contributed by atoms with Crippen molar-refractivity contribution in [3.63, 3.8) is 0 Å². The molecule has 0 bridgehead atoms. The van der Waals surface area contributed by atoms with E-state index in [0.717, 1.165) is 26.3 Å². The van der Waals surface area contributed by atoms with E-state index in [2.05, 4.69) is 10.1 Å². The molecular weight excluding hydrogens is 200 g/mol. The van der Waals surface area contributed by atoms with Crippen LogP contribution < -0.4 is 11.1 Å². The lowest BCUT2D eigenvalue weighted by atomic mass is 10.4. The Morgan fingerprint density at radius 1 is 1.47 bits per heavy atom. The predicted molar refractivity (Wildman–Crippen MR) is 55.1 cm³/mol. The normalized spacial score (nSPS) is 19.5. The van der Waals surface area contributed by atoms with Gasteiger partial charge in [0.15, 0.2) is 0 Å². The van der Waals surface area contributed by atoms with Gasteiger partial charge in [-0.05, 0) is 13.8 Å². The molecule has 0 amide bonds. The highest BCUT2D eigenvalue weighted by molar-refractivity contribution is 5.73. The van der Waals surface area contributed by atoms with Gasteiger partial charge < -0.3 is 19.9 Å².